The van der Waals surface area contributed by atoms with Crippen LogP contribution in [0.15, 0.2) is 36.5 Å². The molecule has 0 fully saturated rings. The number of aromatic nitrogens is 1. The Labute approximate surface area is 104 Å². The van der Waals surface area contributed by atoms with E-state index in [1.54, 1.807) is 25.3 Å². The van der Waals surface area contributed by atoms with Crippen molar-refractivity contribution in [3.05, 3.63) is 59.0 Å². The molecule has 0 saturated carbocycles. The van der Waals surface area contributed by atoms with Gasteiger partial charge in [0.25, 0.3) is 0 Å². The number of carbonyl (C=O) groups is 1. The summed E-state index contributed by atoms with van der Waals surface area (Å²) < 4.78 is 13.0. The molecule has 0 amide bonds. The molecular weight excluding hydrogens is 231 g/mol. The van der Waals surface area contributed by atoms with E-state index in [2.05, 4.69) is 4.98 Å². The Bertz CT molecular complexity index is 596. The molecule has 2 aromatic rings. The molecule has 18 heavy (non-hydrogen) atoms. The topological polar surface area (TPSA) is 56.0 Å². The van der Waals surface area contributed by atoms with Gasteiger partial charge in [0.15, 0.2) is 5.78 Å². The highest BCUT2D eigenvalue weighted by Crippen LogP contribution is 2.15. The molecule has 2 N–H and O–H groups in total. The van der Waals surface area contributed by atoms with Gasteiger partial charge in [0.05, 0.1) is 0 Å². The molecule has 0 radical (unpaired) electrons. The van der Waals surface area contributed by atoms with Crippen LogP contribution in [0.3, 0.4) is 0 Å². The number of nitrogens with two attached hydrogens (primary N) is 1. The van der Waals surface area contributed by atoms with E-state index >= 15 is 0 Å². The molecule has 0 aliphatic heterocycles. The first-order valence-electron chi connectivity index (χ1n) is 5.56. The van der Waals surface area contributed by atoms with Gasteiger partial charge in [0.1, 0.15) is 11.6 Å². The summed E-state index contributed by atoms with van der Waals surface area (Å²) >= 11 is 0. The monoisotopic (exact) mass is 244 g/mol. The van der Waals surface area contributed by atoms with E-state index in [9.17, 15) is 9.18 Å². The van der Waals surface area contributed by atoms with E-state index in [0.29, 0.717) is 22.5 Å². The Hall–Kier alpha value is -2.23. The zero-order valence-corrected chi connectivity index (χ0v) is 9.98. The number of hydrogen-bond donors (Lipinski definition) is 1. The lowest BCUT2D eigenvalue weighted by Gasteiger charge is -2.06. The second-order valence-corrected chi connectivity index (χ2v) is 4.11. The fourth-order valence-corrected chi connectivity index (χ4v) is 1.81. The molecule has 2 rings (SSSR count). The zero-order valence-electron chi connectivity index (χ0n) is 9.98. The summed E-state index contributed by atoms with van der Waals surface area (Å²) in [6.45, 7) is 1.71. The van der Waals surface area contributed by atoms with Crippen molar-refractivity contribution in [2.45, 2.75) is 13.3 Å². The third-order valence-corrected chi connectivity index (χ3v) is 2.77. The predicted octanol–water partition coefficient (Wildman–Crippen LogP) is 2.54. The molecule has 0 unspecified atom stereocenters. The molecule has 4 heteroatoms. The second kappa shape index (κ2) is 4.96. The Morgan fingerprint density at radius 2 is 2.17 bits per heavy atom. The van der Waals surface area contributed by atoms with Crippen LogP contribution in [0.25, 0.3) is 0 Å². The highest BCUT2D eigenvalue weighted by atomic mass is 19.1. The largest absolute Gasteiger partial charge is 0.383 e. The van der Waals surface area contributed by atoms with Crippen LogP contribution in [-0.4, -0.2) is 10.8 Å². The molecule has 0 aliphatic carbocycles. The molecule has 0 bridgehead atoms. The lowest BCUT2D eigenvalue weighted by molar-refractivity contribution is 0.0992. The van der Waals surface area contributed by atoms with Crippen molar-refractivity contribution in [2.75, 3.05) is 5.73 Å². The summed E-state index contributed by atoms with van der Waals surface area (Å²) in [5.41, 5.74) is 7.51. The average molecular weight is 244 g/mol. The summed E-state index contributed by atoms with van der Waals surface area (Å²) in [6.07, 6.45) is 1.75. The van der Waals surface area contributed by atoms with Crippen LogP contribution in [-0.2, 0) is 6.42 Å². The van der Waals surface area contributed by atoms with Gasteiger partial charge in [0.2, 0.25) is 0 Å². The highest BCUT2D eigenvalue weighted by Gasteiger charge is 2.12. The van der Waals surface area contributed by atoms with E-state index in [0.717, 1.165) is 0 Å². The predicted molar refractivity (Wildman–Crippen MR) is 67.8 cm³/mol. The van der Waals surface area contributed by atoms with Crippen LogP contribution >= 0.6 is 0 Å². The molecule has 1 aromatic heterocycles. The molecule has 92 valence electrons. The number of benzene rings is 1. The Morgan fingerprint density at radius 1 is 1.39 bits per heavy atom. The zero-order chi connectivity index (χ0) is 13.1. The first-order chi connectivity index (χ1) is 8.58. The number of halogens is 1. The number of anilines is 1. The van der Waals surface area contributed by atoms with Crippen molar-refractivity contribution in [1.29, 1.82) is 0 Å². The van der Waals surface area contributed by atoms with E-state index < -0.39 is 0 Å². The van der Waals surface area contributed by atoms with Gasteiger partial charge >= 0.3 is 0 Å². The standard InChI is InChI=1S/C14H13FN2O/c1-9-7-11(15)4-5-12(9)13(18)8-10-3-2-6-17-14(10)16/h2-7H,8H2,1H3,(H2,16,17). The van der Waals surface area contributed by atoms with Crippen molar-refractivity contribution in [3.63, 3.8) is 0 Å². The minimum Gasteiger partial charge on any atom is -0.383 e. The number of aryl methyl sites for hydroxylation is 1. The van der Waals surface area contributed by atoms with E-state index in [1.165, 1.54) is 18.2 Å². The van der Waals surface area contributed by atoms with Crippen LogP contribution in [0.4, 0.5) is 10.2 Å². The summed E-state index contributed by atoms with van der Waals surface area (Å²) in [5, 5.41) is 0. The second-order valence-electron chi connectivity index (χ2n) is 4.11. The Balaban J connectivity index is 2.25. The van der Waals surface area contributed by atoms with Crippen LogP contribution in [0.1, 0.15) is 21.5 Å². The van der Waals surface area contributed by atoms with Gasteiger partial charge in [-0.15, -0.1) is 0 Å². The SMILES string of the molecule is Cc1cc(F)ccc1C(=O)Cc1cccnc1N. The average Bonchev–Trinajstić information content (AvgIpc) is 2.32. The first-order valence-corrected chi connectivity index (χ1v) is 5.56. The van der Waals surface area contributed by atoms with E-state index in [1.807, 2.05) is 0 Å². The lowest BCUT2D eigenvalue weighted by Crippen LogP contribution is -2.08. The van der Waals surface area contributed by atoms with Gasteiger partial charge in [-0.1, -0.05) is 6.07 Å². The maximum atomic E-state index is 13.0. The van der Waals surface area contributed by atoms with Crippen LogP contribution in [0, 0.1) is 12.7 Å². The molecule has 0 spiro atoms. The third kappa shape index (κ3) is 2.53. The van der Waals surface area contributed by atoms with Gasteiger partial charge in [-0.2, -0.15) is 0 Å². The van der Waals surface area contributed by atoms with Crippen molar-refractivity contribution in [1.82, 2.24) is 4.98 Å². The number of rotatable bonds is 3. The lowest BCUT2D eigenvalue weighted by atomic mass is 9.99. The quantitative estimate of drug-likeness (QED) is 0.844. The smallest absolute Gasteiger partial charge is 0.167 e. The molecular formula is C14H13FN2O. The van der Waals surface area contributed by atoms with E-state index in [-0.39, 0.29) is 18.0 Å². The minimum atomic E-state index is -0.343. The van der Waals surface area contributed by atoms with Crippen LogP contribution in [0.5, 0.6) is 0 Å². The van der Waals surface area contributed by atoms with Gasteiger partial charge < -0.3 is 5.73 Å². The molecule has 1 heterocycles. The summed E-state index contributed by atoms with van der Waals surface area (Å²) in [6, 6.07) is 7.63. The number of pyridine rings is 1. The number of Topliss-reactive ketones (excluding diaryl/α,β-unsaturated/α-hetero) is 1. The fraction of sp³-hybridized carbons (Fsp3) is 0.143. The number of nitrogens with zero attached hydrogens (tertiary/aromatic N) is 1. The van der Waals surface area contributed by atoms with Crippen LogP contribution in [0.2, 0.25) is 0 Å². The van der Waals surface area contributed by atoms with Crippen molar-refractivity contribution >= 4 is 11.6 Å². The number of ketones is 1. The molecule has 3 nitrogen and oxygen atoms in total. The fourth-order valence-electron chi connectivity index (χ4n) is 1.81. The third-order valence-electron chi connectivity index (χ3n) is 2.77. The van der Waals surface area contributed by atoms with Crippen molar-refractivity contribution in [3.8, 4) is 0 Å². The highest BCUT2D eigenvalue weighted by molar-refractivity contribution is 5.99. The normalized spacial score (nSPS) is 10.3. The maximum absolute atomic E-state index is 13.0. The number of carbonyl (C=O) groups excluding carboxylic acids is 1. The van der Waals surface area contributed by atoms with Gasteiger partial charge in [-0.25, -0.2) is 9.37 Å². The summed E-state index contributed by atoms with van der Waals surface area (Å²) in [4.78, 5) is 16.0. The van der Waals surface area contributed by atoms with Gasteiger partial charge in [-0.3, -0.25) is 4.79 Å². The molecule has 0 atom stereocenters. The van der Waals surface area contributed by atoms with Gasteiger partial charge in [-0.05, 0) is 36.8 Å². The van der Waals surface area contributed by atoms with E-state index in [4.69, 9.17) is 5.73 Å². The summed E-state index contributed by atoms with van der Waals surface area (Å²) in [7, 11) is 0. The number of nitrogen functional groups attached to an aromatic ring is 1. The number of hydrogen-bond acceptors (Lipinski definition) is 3. The maximum Gasteiger partial charge on any atom is 0.167 e. The molecule has 1 aromatic carbocycles. The summed E-state index contributed by atoms with van der Waals surface area (Å²) in [5.74, 6) is -0.0808. The minimum absolute atomic E-state index is 0.0906. The van der Waals surface area contributed by atoms with Crippen molar-refractivity contribution in [2.24, 2.45) is 0 Å². The van der Waals surface area contributed by atoms with Crippen LogP contribution < -0.4 is 5.73 Å². The van der Waals surface area contributed by atoms with Crippen molar-refractivity contribution < 1.29 is 9.18 Å². The Morgan fingerprint density at radius 3 is 2.83 bits per heavy atom. The Kier molecular flexibility index (Phi) is 3.37. The first kappa shape index (κ1) is 12.2. The molecule has 0 aliphatic rings. The molecule has 0 saturated heterocycles. The van der Waals surface area contributed by atoms with Gasteiger partial charge in [0, 0.05) is 23.7 Å².